The maximum absolute atomic E-state index is 9.33. The van der Waals surface area contributed by atoms with Gasteiger partial charge in [0.2, 0.25) is 0 Å². The highest BCUT2D eigenvalue weighted by Crippen LogP contribution is 2.22. The molecule has 1 aromatic carbocycles. The highest BCUT2D eigenvalue weighted by Gasteiger charge is 2.21. The molecule has 2 rings (SSSR count). The van der Waals surface area contributed by atoms with Crippen molar-refractivity contribution in [2.24, 2.45) is 0 Å². The first-order chi connectivity index (χ1) is 8.16. The van der Waals surface area contributed by atoms with Crippen molar-refractivity contribution in [1.82, 2.24) is 0 Å². The number of hydrogen-bond acceptors (Lipinski definition) is 3. The van der Waals surface area contributed by atoms with Crippen molar-refractivity contribution in [2.45, 2.75) is 45.1 Å². The molecule has 0 amide bonds. The van der Waals surface area contributed by atoms with Gasteiger partial charge in [0.15, 0.2) is 0 Å². The maximum Gasteiger partial charge on any atom is 0.492 e. The minimum atomic E-state index is -1.46. The second-order valence-corrected chi connectivity index (χ2v) is 4.79. The van der Waals surface area contributed by atoms with Crippen molar-refractivity contribution in [3.63, 3.8) is 0 Å². The minimum absolute atomic E-state index is 0.226. The van der Waals surface area contributed by atoms with Crippen LogP contribution in [-0.2, 0) is 0 Å². The van der Waals surface area contributed by atoms with Crippen LogP contribution < -0.4 is 10.2 Å². The first-order valence-corrected chi connectivity index (χ1v) is 6.30. The summed E-state index contributed by atoms with van der Waals surface area (Å²) in [4.78, 5) is 0. The van der Waals surface area contributed by atoms with E-state index >= 15 is 0 Å². The van der Waals surface area contributed by atoms with Gasteiger partial charge in [-0.05, 0) is 38.7 Å². The third-order valence-electron chi connectivity index (χ3n) is 3.29. The van der Waals surface area contributed by atoms with Crippen LogP contribution in [0.4, 0.5) is 0 Å². The van der Waals surface area contributed by atoms with Gasteiger partial charge in [-0.2, -0.15) is 0 Å². The Kier molecular flexibility index (Phi) is 4.08. The van der Waals surface area contributed by atoms with Gasteiger partial charge in [-0.1, -0.05) is 24.1 Å². The smallest absolute Gasteiger partial charge is 0.491 e. The van der Waals surface area contributed by atoms with Crippen molar-refractivity contribution in [3.05, 3.63) is 23.8 Å². The summed E-state index contributed by atoms with van der Waals surface area (Å²) >= 11 is 0. The summed E-state index contributed by atoms with van der Waals surface area (Å²) in [6.07, 6.45) is 6.04. The molecule has 2 N–H and O–H groups in total. The third-order valence-corrected chi connectivity index (χ3v) is 3.29. The molecule has 0 aliphatic heterocycles. The van der Waals surface area contributed by atoms with Crippen LogP contribution in [0.2, 0.25) is 0 Å². The van der Waals surface area contributed by atoms with Crippen molar-refractivity contribution < 1.29 is 14.8 Å². The van der Waals surface area contributed by atoms with Gasteiger partial charge >= 0.3 is 7.12 Å². The highest BCUT2D eigenvalue weighted by molar-refractivity contribution is 6.59. The van der Waals surface area contributed by atoms with Crippen molar-refractivity contribution in [3.8, 4) is 5.75 Å². The van der Waals surface area contributed by atoms with Gasteiger partial charge in [-0.15, -0.1) is 0 Å². The molecule has 0 heterocycles. The van der Waals surface area contributed by atoms with E-state index in [0.29, 0.717) is 11.2 Å². The molecular formula is C13H19BO3. The lowest BCUT2D eigenvalue weighted by Gasteiger charge is -2.24. The maximum atomic E-state index is 9.33. The van der Waals surface area contributed by atoms with Crippen LogP contribution in [0.5, 0.6) is 5.75 Å². The van der Waals surface area contributed by atoms with Gasteiger partial charge in [0, 0.05) is 5.46 Å². The summed E-state index contributed by atoms with van der Waals surface area (Å²) in [5, 5.41) is 18.7. The van der Waals surface area contributed by atoms with Crippen LogP contribution in [0.3, 0.4) is 0 Å². The molecule has 0 spiro atoms. The zero-order valence-electron chi connectivity index (χ0n) is 10.2. The second-order valence-electron chi connectivity index (χ2n) is 4.79. The molecule has 0 aromatic heterocycles. The molecule has 1 fully saturated rings. The quantitative estimate of drug-likeness (QED) is 0.777. The first kappa shape index (κ1) is 12.5. The van der Waals surface area contributed by atoms with Crippen molar-refractivity contribution in [2.75, 3.05) is 0 Å². The lowest BCUT2D eigenvalue weighted by Crippen LogP contribution is -2.33. The topological polar surface area (TPSA) is 49.7 Å². The van der Waals surface area contributed by atoms with Gasteiger partial charge in [-0.3, -0.25) is 0 Å². The molecule has 0 bridgehead atoms. The normalized spacial score (nSPS) is 16.9. The summed E-state index contributed by atoms with van der Waals surface area (Å²) in [7, 11) is -1.46. The van der Waals surface area contributed by atoms with Crippen LogP contribution in [0, 0.1) is 6.92 Å². The Labute approximate surface area is 103 Å². The average Bonchev–Trinajstić information content (AvgIpc) is 2.32. The minimum Gasteiger partial charge on any atom is -0.491 e. The predicted molar refractivity (Wildman–Crippen MR) is 68.5 cm³/mol. The number of benzene rings is 1. The zero-order valence-corrected chi connectivity index (χ0v) is 10.2. The summed E-state index contributed by atoms with van der Waals surface area (Å²) in [5.41, 5.74) is 1.47. The fourth-order valence-electron chi connectivity index (χ4n) is 2.34. The molecule has 1 aromatic rings. The van der Waals surface area contributed by atoms with Crippen LogP contribution in [-0.4, -0.2) is 23.3 Å². The summed E-state index contributed by atoms with van der Waals surface area (Å²) in [6, 6.07) is 5.53. The predicted octanol–water partition coefficient (Wildman–Crippen LogP) is 1.39. The zero-order chi connectivity index (χ0) is 12.3. The van der Waals surface area contributed by atoms with E-state index in [1.807, 2.05) is 19.1 Å². The largest absolute Gasteiger partial charge is 0.492 e. The number of rotatable bonds is 3. The molecule has 1 aliphatic carbocycles. The number of ether oxygens (including phenoxy) is 1. The first-order valence-electron chi connectivity index (χ1n) is 6.30. The third kappa shape index (κ3) is 3.24. The van der Waals surface area contributed by atoms with Gasteiger partial charge in [0.05, 0.1) is 6.10 Å². The Morgan fingerprint density at radius 3 is 2.53 bits per heavy atom. The van der Waals surface area contributed by atoms with Crippen LogP contribution in [0.1, 0.15) is 37.7 Å². The molecule has 17 heavy (non-hydrogen) atoms. The van der Waals surface area contributed by atoms with E-state index in [1.54, 1.807) is 6.07 Å². The molecule has 92 valence electrons. The average molecular weight is 234 g/mol. The van der Waals surface area contributed by atoms with E-state index in [4.69, 9.17) is 4.74 Å². The Morgan fingerprint density at radius 1 is 1.18 bits per heavy atom. The lowest BCUT2D eigenvalue weighted by atomic mass is 9.78. The SMILES string of the molecule is Cc1ccc(OC2CCCCC2)c(B(O)O)c1. The number of aryl methyl sites for hydroxylation is 1. The van der Waals surface area contributed by atoms with E-state index < -0.39 is 7.12 Å². The van der Waals surface area contributed by atoms with E-state index in [0.717, 1.165) is 18.4 Å². The molecule has 1 saturated carbocycles. The molecule has 0 saturated heterocycles. The summed E-state index contributed by atoms with van der Waals surface area (Å²) in [6.45, 7) is 1.93. The standard InChI is InChI=1S/C13H19BO3/c1-10-7-8-13(12(9-10)14(15)16)17-11-5-3-2-4-6-11/h7-9,11,15-16H,2-6H2,1H3. The van der Waals surface area contributed by atoms with Gasteiger partial charge < -0.3 is 14.8 Å². The molecule has 0 atom stereocenters. The van der Waals surface area contributed by atoms with E-state index in [2.05, 4.69) is 0 Å². The monoisotopic (exact) mass is 234 g/mol. The fraction of sp³-hybridized carbons (Fsp3) is 0.538. The molecule has 4 heteroatoms. The molecule has 3 nitrogen and oxygen atoms in total. The Morgan fingerprint density at radius 2 is 1.88 bits per heavy atom. The molecule has 0 radical (unpaired) electrons. The molecule has 0 unspecified atom stereocenters. The summed E-state index contributed by atoms with van der Waals surface area (Å²) < 4.78 is 5.88. The molecule has 1 aliphatic rings. The Balaban J connectivity index is 2.13. The van der Waals surface area contributed by atoms with Crippen molar-refractivity contribution in [1.29, 1.82) is 0 Å². The van der Waals surface area contributed by atoms with E-state index in [-0.39, 0.29) is 6.10 Å². The van der Waals surface area contributed by atoms with E-state index in [1.165, 1.54) is 19.3 Å². The highest BCUT2D eigenvalue weighted by atomic mass is 16.5. The van der Waals surface area contributed by atoms with E-state index in [9.17, 15) is 10.0 Å². The van der Waals surface area contributed by atoms with Crippen LogP contribution >= 0.6 is 0 Å². The Hall–Kier alpha value is -0.995. The van der Waals surface area contributed by atoms with Crippen LogP contribution in [0.25, 0.3) is 0 Å². The van der Waals surface area contributed by atoms with Gasteiger partial charge in [0.25, 0.3) is 0 Å². The second kappa shape index (κ2) is 5.56. The summed E-state index contributed by atoms with van der Waals surface area (Å²) in [5.74, 6) is 0.609. The lowest BCUT2D eigenvalue weighted by molar-refractivity contribution is 0.156. The van der Waals surface area contributed by atoms with Crippen LogP contribution in [0.15, 0.2) is 18.2 Å². The molecular weight excluding hydrogens is 215 g/mol. The van der Waals surface area contributed by atoms with Gasteiger partial charge in [0.1, 0.15) is 5.75 Å². The van der Waals surface area contributed by atoms with Gasteiger partial charge in [-0.25, -0.2) is 0 Å². The Bertz CT molecular complexity index is 373. The number of hydrogen-bond donors (Lipinski definition) is 2. The fourth-order valence-corrected chi connectivity index (χ4v) is 2.34. The van der Waals surface area contributed by atoms with Crippen molar-refractivity contribution >= 4 is 12.6 Å².